The lowest BCUT2D eigenvalue weighted by Gasteiger charge is -2.16. The molecule has 0 aromatic heterocycles. The van der Waals surface area contributed by atoms with Crippen LogP contribution in [0.15, 0.2) is 48.5 Å². The Morgan fingerprint density at radius 3 is 2.25 bits per heavy atom. The van der Waals surface area contributed by atoms with Crippen molar-refractivity contribution in [2.24, 2.45) is 5.73 Å². The summed E-state index contributed by atoms with van der Waals surface area (Å²) in [5, 5.41) is 11.7. The maximum atomic E-state index is 12.2. The first-order valence-electron chi connectivity index (χ1n) is 7.05. The summed E-state index contributed by atoms with van der Waals surface area (Å²) in [6, 6.07) is 11.5. The summed E-state index contributed by atoms with van der Waals surface area (Å²) in [6.45, 7) is 0. The predicted molar refractivity (Wildman–Crippen MR) is 89.0 cm³/mol. The molecule has 0 heterocycles. The highest BCUT2D eigenvalue weighted by Gasteiger charge is 2.20. The van der Waals surface area contributed by atoms with E-state index in [2.05, 4.69) is 5.32 Å². The Kier molecular flexibility index (Phi) is 5.55. The first kappa shape index (κ1) is 17.5. The van der Waals surface area contributed by atoms with E-state index in [-0.39, 0.29) is 22.6 Å². The molecule has 6 nitrogen and oxygen atoms in total. The van der Waals surface area contributed by atoms with Crippen LogP contribution in [0.25, 0.3) is 0 Å². The van der Waals surface area contributed by atoms with Crippen molar-refractivity contribution < 1.29 is 19.5 Å². The van der Waals surface area contributed by atoms with Gasteiger partial charge in [-0.1, -0.05) is 35.9 Å². The quantitative estimate of drug-likeness (QED) is 0.741. The van der Waals surface area contributed by atoms with Crippen LogP contribution in [0.3, 0.4) is 0 Å². The van der Waals surface area contributed by atoms with Crippen LogP contribution in [-0.4, -0.2) is 28.9 Å². The Hall–Kier alpha value is -2.86. The molecule has 7 heteroatoms. The topological polar surface area (TPSA) is 109 Å². The molecule has 1 atom stereocenters. The van der Waals surface area contributed by atoms with E-state index >= 15 is 0 Å². The molecule has 0 spiro atoms. The monoisotopic (exact) mass is 346 g/mol. The van der Waals surface area contributed by atoms with Gasteiger partial charge in [0.15, 0.2) is 0 Å². The average Bonchev–Trinajstić information content (AvgIpc) is 2.54. The number of carboxylic acids is 1. The average molecular weight is 347 g/mol. The molecule has 0 aliphatic heterocycles. The van der Waals surface area contributed by atoms with Crippen LogP contribution in [-0.2, 0) is 11.2 Å². The number of hydrogen-bond donors (Lipinski definition) is 3. The van der Waals surface area contributed by atoms with Crippen molar-refractivity contribution in [3.8, 4) is 0 Å². The number of aromatic carboxylic acids is 1. The third kappa shape index (κ3) is 4.33. The Labute approximate surface area is 143 Å². The Bertz CT molecular complexity index is 774. The molecule has 0 bridgehead atoms. The van der Waals surface area contributed by atoms with E-state index in [0.717, 1.165) is 0 Å². The first-order chi connectivity index (χ1) is 11.4. The maximum Gasteiger partial charge on any atom is 0.335 e. The number of carbonyl (C=O) groups excluding carboxylic acids is 2. The van der Waals surface area contributed by atoms with Crippen LogP contribution in [0.1, 0.15) is 26.3 Å². The molecule has 0 saturated heterocycles. The molecule has 0 aliphatic carbocycles. The van der Waals surface area contributed by atoms with Crippen LogP contribution < -0.4 is 11.1 Å². The van der Waals surface area contributed by atoms with E-state index < -0.39 is 23.8 Å². The number of halogens is 1. The van der Waals surface area contributed by atoms with E-state index in [4.69, 9.17) is 22.4 Å². The fourth-order valence-corrected chi connectivity index (χ4v) is 2.34. The SMILES string of the molecule is NC(=O)[C@H](Cc1ccc(C(=O)O)cc1)NC(=O)c1ccccc1Cl. The van der Waals surface area contributed by atoms with E-state index in [0.29, 0.717) is 5.56 Å². The Balaban J connectivity index is 2.12. The van der Waals surface area contributed by atoms with E-state index in [1.807, 2.05) is 0 Å². The Morgan fingerprint density at radius 1 is 1.08 bits per heavy atom. The van der Waals surface area contributed by atoms with Gasteiger partial charge in [-0.05, 0) is 29.8 Å². The van der Waals surface area contributed by atoms with Crippen LogP contribution in [0, 0.1) is 0 Å². The minimum Gasteiger partial charge on any atom is -0.478 e. The molecule has 0 saturated carbocycles. The lowest BCUT2D eigenvalue weighted by Crippen LogP contribution is -2.45. The third-order valence-corrected chi connectivity index (χ3v) is 3.74. The predicted octanol–water partition coefficient (Wildman–Crippen LogP) is 1.86. The van der Waals surface area contributed by atoms with Crippen molar-refractivity contribution in [1.82, 2.24) is 5.32 Å². The number of nitrogens with one attached hydrogen (secondary N) is 1. The van der Waals surface area contributed by atoms with Gasteiger partial charge in [0.05, 0.1) is 16.1 Å². The Morgan fingerprint density at radius 2 is 1.71 bits per heavy atom. The molecule has 0 unspecified atom stereocenters. The second-order valence-corrected chi connectivity index (χ2v) is 5.52. The van der Waals surface area contributed by atoms with E-state index in [1.165, 1.54) is 18.2 Å². The number of carboxylic acid groups (broad SMARTS) is 1. The molecule has 124 valence electrons. The highest BCUT2D eigenvalue weighted by atomic mass is 35.5. The van der Waals surface area contributed by atoms with Crippen molar-refractivity contribution >= 4 is 29.4 Å². The van der Waals surface area contributed by atoms with Gasteiger partial charge < -0.3 is 16.2 Å². The smallest absolute Gasteiger partial charge is 0.335 e. The lowest BCUT2D eigenvalue weighted by molar-refractivity contribution is -0.119. The molecule has 4 N–H and O–H groups in total. The highest BCUT2D eigenvalue weighted by molar-refractivity contribution is 6.33. The zero-order valence-electron chi connectivity index (χ0n) is 12.5. The summed E-state index contributed by atoms with van der Waals surface area (Å²) >= 11 is 5.96. The largest absolute Gasteiger partial charge is 0.478 e. The molecule has 2 rings (SSSR count). The lowest BCUT2D eigenvalue weighted by atomic mass is 10.0. The van der Waals surface area contributed by atoms with Crippen molar-refractivity contribution in [3.63, 3.8) is 0 Å². The molecule has 0 fully saturated rings. The number of benzene rings is 2. The highest BCUT2D eigenvalue weighted by Crippen LogP contribution is 2.15. The number of rotatable bonds is 6. The summed E-state index contributed by atoms with van der Waals surface area (Å²) in [4.78, 5) is 34.7. The summed E-state index contributed by atoms with van der Waals surface area (Å²) in [6.07, 6.45) is 0.144. The molecular weight excluding hydrogens is 332 g/mol. The van der Waals surface area contributed by atoms with Gasteiger partial charge in [0.25, 0.3) is 5.91 Å². The normalized spacial score (nSPS) is 11.5. The number of primary amides is 1. The summed E-state index contributed by atoms with van der Waals surface area (Å²) < 4.78 is 0. The first-order valence-corrected chi connectivity index (χ1v) is 7.43. The van der Waals surface area contributed by atoms with Gasteiger partial charge in [-0.2, -0.15) is 0 Å². The van der Waals surface area contributed by atoms with E-state index in [9.17, 15) is 14.4 Å². The second kappa shape index (κ2) is 7.61. The standard InChI is InChI=1S/C17H15ClN2O4/c18-13-4-2-1-3-12(13)16(22)20-14(15(19)21)9-10-5-7-11(8-6-10)17(23)24/h1-8,14H,9H2,(H2,19,21)(H,20,22)(H,23,24)/t14-/m0/s1. The fourth-order valence-electron chi connectivity index (χ4n) is 2.12. The molecule has 0 aliphatic rings. The van der Waals surface area contributed by atoms with Crippen LogP contribution in [0.2, 0.25) is 5.02 Å². The number of amides is 2. The molecular formula is C17H15ClN2O4. The second-order valence-electron chi connectivity index (χ2n) is 5.11. The van der Waals surface area contributed by atoms with Crippen molar-refractivity contribution in [2.45, 2.75) is 12.5 Å². The van der Waals surface area contributed by atoms with Crippen LogP contribution in [0.5, 0.6) is 0 Å². The zero-order chi connectivity index (χ0) is 17.7. The molecule has 0 radical (unpaired) electrons. The van der Waals surface area contributed by atoms with Gasteiger partial charge >= 0.3 is 5.97 Å². The van der Waals surface area contributed by atoms with Gasteiger partial charge in [-0.15, -0.1) is 0 Å². The molecule has 2 amide bonds. The number of carbonyl (C=O) groups is 3. The summed E-state index contributed by atoms with van der Waals surface area (Å²) in [5.41, 5.74) is 6.39. The molecule has 2 aromatic carbocycles. The third-order valence-electron chi connectivity index (χ3n) is 3.41. The number of hydrogen-bond acceptors (Lipinski definition) is 3. The molecule has 2 aromatic rings. The van der Waals surface area contributed by atoms with Gasteiger partial charge in [0.2, 0.25) is 5.91 Å². The molecule has 24 heavy (non-hydrogen) atoms. The minimum absolute atomic E-state index is 0.134. The summed E-state index contributed by atoms with van der Waals surface area (Å²) in [5.74, 6) is -2.25. The van der Waals surface area contributed by atoms with Crippen molar-refractivity contribution in [2.75, 3.05) is 0 Å². The van der Waals surface area contributed by atoms with Gasteiger partial charge in [0, 0.05) is 6.42 Å². The summed E-state index contributed by atoms with van der Waals surface area (Å²) in [7, 11) is 0. The van der Waals surface area contributed by atoms with Crippen LogP contribution in [0.4, 0.5) is 0 Å². The van der Waals surface area contributed by atoms with Gasteiger partial charge in [0.1, 0.15) is 6.04 Å². The van der Waals surface area contributed by atoms with Crippen molar-refractivity contribution in [1.29, 1.82) is 0 Å². The minimum atomic E-state index is -1.04. The maximum absolute atomic E-state index is 12.2. The number of nitrogens with two attached hydrogens (primary N) is 1. The van der Waals surface area contributed by atoms with Crippen molar-refractivity contribution in [3.05, 3.63) is 70.2 Å². The van der Waals surface area contributed by atoms with Gasteiger partial charge in [-0.25, -0.2) is 4.79 Å². The fraction of sp³-hybridized carbons (Fsp3) is 0.118. The van der Waals surface area contributed by atoms with Crippen LogP contribution >= 0.6 is 11.6 Å². The zero-order valence-corrected chi connectivity index (χ0v) is 13.3. The van der Waals surface area contributed by atoms with E-state index in [1.54, 1.807) is 30.3 Å². The van der Waals surface area contributed by atoms with Gasteiger partial charge in [-0.3, -0.25) is 9.59 Å².